The lowest BCUT2D eigenvalue weighted by Crippen LogP contribution is -2.13. The summed E-state index contributed by atoms with van der Waals surface area (Å²) in [6.45, 7) is 5.58. The van der Waals surface area contributed by atoms with Crippen LogP contribution in [0.1, 0.15) is 16.7 Å². The molecule has 1 aliphatic heterocycles. The van der Waals surface area contributed by atoms with Gasteiger partial charge in [-0.05, 0) is 37.0 Å². The Kier molecular flexibility index (Phi) is 1.60. The summed E-state index contributed by atoms with van der Waals surface area (Å²) in [6.07, 6.45) is 1.22. The topological polar surface area (TPSA) is 3.24 Å². The lowest BCUT2D eigenvalue weighted by atomic mass is 10.0. The van der Waals surface area contributed by atoms with Crippen LogP contribution < -0.4 is 4.90 Å². The van der Waals surface area contributed by atoms with Crippen molar-refractivity contribution in [2.75, 3.05) is 18.5 Å². The second kappa shape index (κ2) is 2.51. The Morgan fingerprint density at radius 3 is 2.50 bits per heavy atom. The molecule has 0 aliphatic carbocycles. The molecule has 0 N–H and O–H groups in total. The van der Waals surface area contributed by atoms with Gasteiger partial charge in [-0.1, -0.05) is 12.1 Å². The van der Waals surface area contributed by atoms with Crippen LogP contribution in [0.3, 0.4) is 0 Å². The molecule has 12 heavy (non-hydrogen) atoms. The van der Waals surface area contributed by atoms with Crippen LogP contribution in [0.25, 0.3) is 0 Å². The number of fused-ring (bicyclic) bond motifs is 1. The van der Waals surface area contributed by atoms with Crippen LogP contribution in [-0.2, 0) is 6.42 Å². The quantitative estimate of drug-likeness (QED) is 0.564. The molecule has 0 spiro atoms. The fourth-order valence-corrected chi connectivity index (χ4v) is 2.09. The van der Waals surface area contributed by atoms with E-state index in [0.717, 1.165) is 0 Å². The number of hydrogen-bond donors (Lipinski definition) is 0. The van der Waals surface area contributed by atoms with Gasteiger partial charge in [0.1, 0.15) is 0 Å². The molecule has 0 bridgehead atoms. The zero-order valence-corrected chi connectivity index (χ0v) is 8.02. The molecule has 0 unspecified atom stereocenters. The molecule has 1 heteroatoms. The van der Waals surface area contributed by atoms with Crippen molar-refractivity contribution in [2.24, 2.45) is 0 Å². The van der Waals surface area contributed by atoms with Crippen molar-refractivity contribution in [1.82, 2.24) is 0 Å². The van der Waals surface area contributed by atoms with Gasteiger partial charge in [0.15, 0.2) is 0 Å². The number of rotatable bonds is 0. The summed E-state index contributed by atoms with van der Waals surface area (Å²) in [6, 6.07) is 4.45. The van der Waals surface area contributed by atoms with Crippen molar-refractivity contribution < 1.29 is 0 Å². The first-order chi connectivity index (χ1) is 5.70. The normalized spacial score (nSPS) is 15.1. The Morgan fingerprint density at radius 2 is 1.83 bits per heavy atom. The van der Waals surface area contributed by atoms with E-state index in [1.54, 1.807) is 5.56 Å². The van der Waals surface area contributed by atoms with Crippen LogP contribution in [0.15, 0.2) is 12.1 Å². The molecule has 0 radical (unpaired) electrons. The Hall–Kier alpha value is -0.980. The van der Waals surface area contributed by atoms with Gasteiger partial charge in [0.05, 0.1) is 0 Å². The minimum absolute atomic E-state index is 1.18. The molecule has 1 aliphatic rings. The summed E-state index contributed by atoms with van der Waals surface area (Å²) >= 11 is 0. The smallest absolute Gasteiger partial charge is 0.0429 e. The highest BCUT2D eigenvalue weighted by atomic mass is 15.1. The Bertz CT molecular complexity index is 315. The van der Waals surface area contributed by atoms with Gasteiger partial charge in [-0.15, -0.1) is 0 Å². The highest BCUT2D eigenvalue weighted by molar-refractivity contribution is 5.64. The van der Waals surface area contributed by atoms with Gasteiger partial charge in [0.2, 0.25) is 0 Å². The van der Waals surface area contributed by atoms with E-state index in [-0.39, 0.29) is 0 Å². The van der Waals surface area contributed by atoms with Crippen LogP contribution >= 0.6 is 0 Å². The summed E-state index contributed by atoms with van der Waals surface area (Å²) in [5.74, 6) is 0. The van der Waals surface area contributed by atoms with E-state index in [2.05, 4.69) is 37.9 Å². The van der Waals surface area contributed by atoms with Gasteiger partial charge in [0.25, 0.3) is 0 Å². The van der Waals surface area contributed by atoms with E-state index < -0.39 is 0 Å². The largest absolute Gasteiger partial charge is 0.374 e. The Morgan fingerprint density at radius 1 is 1.17 bits per heavy atom. The maximum absolute atomic E-state index is 2.36. The highest BCUT2D eigenvalue weighted by Gasteiger charge is 2.18. The molecule has 1 nitrogen and oxygen atoms in total. The molecule has 0 saturated heterocycles. The Balaban J connectivity index is 2.64. The summed E-state index contributed by atoms with van der Waals surface area (Å²) < 4.78 is 0. The maximum atomic E-state index is 2.36. The van der Waals surface area contributed by atoms with Crippen molar-refractivity contribution in [3.63, 3.8) is 0 Å². The predicted octanol–water partition coefficient (Wildman–Crippen LogP) is 2.30. The zero-order valence-electron chi connectivity index (χ0n) is 8.02. The van der Waals surface area contributed by atoms with E-state index in [1.807, 2.05) is 0 Å². The van der Waals surface area contributed by atoms with Crippen LogP contribution in [-0.4, -0.2) is 13.6 Å². The molecule has 1 heterocycles. The molecule has 0 saturated carbocycles. The van der Waals surface area contributed by atoms with Crippen molar-refractivity contribution in [2.45, 2.75) is 20.3 Å². The van der Waals surface area contributed by atoms with E-state index in [1.165, 1.54) is 29.8 Å². The molecule has 1 aromatic rings. The van der Waals surface area contributed by atoms with Gasteiger partial charge in [-0.25, -0.2) is 0 Å². The summed E-state index contributed by atoms with van der Waals surface area (Å²) in [5, 5.41) is 0. The number of nitrogens with zero attached hydrogens (tertiary/aromatic N) is 1. The fourth-order valence-electron chi connectivity index (χ4n) is 2.09. The molecule has 0 amide bonds. The number of aryl methyl sites for hydroxylation is 2. The van der Waals surface area contributed by atoms with E-state index >= 15 is 0 Å². The van der Waals surface area contributed by atoms with E-state index in [0.29, 0.717) is 0 Å². The van der Waals surface area contributed by atoms with Crippen LogP contribution in [0, 0.1) is 13.8 Å². The lowest BCUT2D eigenvalue weighted by molar-refractivity contribution is 0.952. The third-order valence-corrected chi connectivity index (χ3v) is 2.80. The van der Waals surface area contributed by atoms with Gasteiger partial charge >= 0.3 is 0 Å². The summed E-state index contributed by atoms with van der Waals surface area (Å²) in [7, 11) is 2.18. The number of hydrogen-bond acceptors (Lipinski definition) is 1. The van der Waals surface area contributed by atoms with Crippen LogP contribution in [0.2, 0.25) is 0 Å². The standard InChI is InChI=1S/C11H15N/c1-8-4-5-9(2)11-10(8)6-7-12(11)3/h4-5H,6-7H2,1-3H3. The molecule has 0 aromatic heterocycles. The maximum Gasteiger partial charge on any atom is 0.0429 e. The van der Waals surface area contributed by atoms with Gasteiger partial charge in [-0.3, -0.25) is 0 Å². The monoisotopic (exact) mass is 161 g/mol. The van der Waals surface area contributed by atoms with E-state index in [4.69, 9.17) is 0 Å². The van der Waals surface area contributed by atoms with Crippen molar-refractivity contribution >= 4 is 5.69 Å². The zero-order chi connectivity index (χ0) is 8.72. The number of anilines is 1. The van der Waals surface area contributed by atoms with Gasteiger partial charge in [-0.2, -0.15) is 0 Å². The first kappa shape index (κ1) is 7.66. The predicted molar refractivity (Wildman–Crippen MR) is 52.9 cm³/mol. The third kappa shape index (κ3) is 0.927. The van der Waals surface area contributed by atoms with Gasteiger partial charge < -0.3 is 4.90 Å². The minimum Gasteiger partial charge on any atom is -0.374 e. The second-order valence-electron chi connectivity index (χ2n) is 3.70. The molecule has 0 atom stereocenters. The lowest BCUT2D eigenvalue weighted by Gasteiger charge is -2.15. The molecule has 2 rings (SSSR count). The Labute approximate surface area is 74.0 Å². The second-order valence-corrected chi connectivity index (χ2v) is 3.70. The van der Waals surface area contributed by atoms with Gasteiger partial charge in [0, 0.05) is 19.3 Å². The molecular weight excluding hydrogens is 146 g/mol. The molecule has 0 fully saturated rings. The number of benzene rings is 1. The average molecular weight is 161 g/mol. The summed E-state index contributed by atoms with van der Waals surface area (Å²) in [5.41, 5.74) is 5.88. The number of likely N-dealkylation sites (N-methyl/N-ethyl adjacent to an activating group) is 1. The SMILES string of the molecule is Cc1ccc(C)c2c1CCN2C. The first-order valence-electron chi connectivity index (χ1n) is 4.50. The van der Waals surface area contributed by atoms with Crippen molar-refractivity contribution in [1.29, 1.82) is 0 Å². The van der Waals surface area contributed by atoms with Crippen LogP contribution in [0.5, 0.6) is 0 Å². The third-order valence-electron chi connectivity index (χ3n) is 2.80. The summed E-state index contributed by atoms with van der Waals surface area (Å²) in [4.78, 5) is 2.36. The minimum atomic E-state index is 1.18. The van der Waals surface area contributed by atoms with Crippen molar-refractivity contribution in [3.05, 3.63) is 28.8 Å². The average Bonchev–Trinajstić information content (AvgIpc) is 2.42. The van der Waals surface area contributed by atoms with E-state index in [9.17, 15) is 0 Å². The van der Waals surface area contributed by atoms with Crippen LogP contribution in [0.4, 0.5) is 5.69 Å². The molecule has 64 valence electrons. The molecular formula is C11H15N. The molecule has 1 aromatic carbocycles. The highest BCUT2D eigenvalue weighted by Crippen LogP contribution is 2.32. The fraction of sp³-hybridized carbons (Fsp3) is 0.455. The van der Waals surface area contributed by atoms with Crippen molar-refractivity contribution in [3.8, 4) is 0 Å². The first-order valence-corrected chi connectivity index (χ1v) is 4.50.